The Hall–Kier alpha value is -2.04. The molecule has 5 nitrogen and oxygen atoms in total. The smallest absolute Gasteiger partial charge is 0.186 e. The average molecular weight is 191 g/mol. The van der Waals surface area contributed by atoms with Crippen molar-refractivity contribution in [3.63, 3.8) is 0 Å². The lowest BCUT2D eigenvalue weighted by atomic mass is 10.1. The van der Waals surface area contributed by atoms with Crippen LogP contribution >= 0.6 is 0 Å². The molecule has 0 heterocycles. The fraction of sp³-hybridized carbons (Fsp3) is 0.111. The van der Waals surface area contributed by atoms with E-state index in [1.54, 1.807) is 24.3 Å². The van der Waals surface area contributed by atoms with Gasteiger partial charge in [-0.3, -0.25) is 10.2 Å². The lowest BCUT2D eigenvalue weighted by Gasteiger charge is -2.02. The predicted octanol–water partition coefficient (Wildman–Crippen LogP) is 0.267. The van der Waals surface area contributed by atoms with Crippen LogP contribution in [-0.2, 0) is 0 Å². The largest absolute Gasteiger partial charge is 0.370 e. The van der Waals surface area contributed by atoms with Gasteiger partial charge in [-0.15, -0.1) is 0 Å². The van der Waals surface area contributed by atoms with E-state index in [0.717, 1.165) is 0 Å². The molecule has 0 amide bonds. The molecule has 0 bridgehead atoms. The number of benzene rings is 1. The average Bonchev–Trinajstić information content (AvgIpc) is 2.15. The molecule has 5 heteroatoms. The van der Waals surface area contributed by atoms with E-state index < -0.39 is 0 Å². The highest BCUT2D eigenvalue weighted by Crippen LogP contribution is 2.06. The molecule has 1 radical (unpaired) electrons. The summed E-state index contributed by atoms with van der Waals surface area (Å²) in [7, 11) is 0. The van der Waals surface area contributed by atoms with E-state index in [2.05, 4.69) is 5.32 Å². The summed E-state index contributed by atoms with van der Waals surface area (Å²) in [6.07, 6.45) is 0. The van der Waals surface area contributed by atoms with Gasteiger partial charge in [-0.05, 0) is 24.3 Å². The topological polar surface area (TPSA) is 103 Å². The van der Waals surface area contributed by atoms with Crippen LogP contribution < -0.4 is 16.8 Å². The normalized spacial score (nSPS) is 9.43. The Morgan fingerprint density at radius 1 is 1.36 bits per heavy atom. The minimum Gasteiger partial charge on any atom is -0.370 e. The van der Waals surface area contributed by atoms with Crippen LogP contribution in [0.15, 0.2) is 24.3 Å². The summed E-state index contributed by atoms with van der Waals surface area (Å²) < 4.78 is 0. The van der Waals surface area contributed by atoms with Crippen LogP contribution in [0.5, 0.6) is 0 Å². The minimum absolute atomic E-state index is 0.00663. The van der Waals surface area contributed by atoms with Crippen LogP contribution in [0.25, 0.3) is 0 Å². The van der Waals surface area contributed by atoms with Gasteiger partial charge in [-0.25, -0.2) is 0 Å². The molecule has 0 saturated carbocycles. The van der Waals surface area contributed by atoms with E-state index in [1.807, 2.05) is 0 Å². The van der Waals surface area contributed by atoms with Gasteiger partial charge < -0.3 is 16.8 Å². The number of ketones is 1. The van der Waals surface area contributed by atoms with Gasteiger partial charge >= 0.3 is 0 Å². The summed E-state index contributed by atoms with van der Waals surface area (Å²) >= 11 is 0. The summed E-state index contributed by atoms with van der Waals surface area (Å²) in [5.74, 6) is -0.379. The molecule has 73 valence electrons. The van der Waals surface area contributed by atoms with Crippen molar-refractivity contribution >= 4 is 17.4 Å². The summed E-state index contributed by atoms with van der Waals surface area (Å²) in [5.41, 5.74) is 13.1. The Kier molecular flexibility index (Phi) is 3.06. The molecule has 1 aromatic rings. The molecule has 0 aliphatic rings. The van der Waals surface area contributed by atoms with Gasteiger partial charge in [0.1, 0.15) is 0 Å². The van der Waals surface area contributed by atoms with Gasteiger partial charge in [0.25, 0.3) is 0 Å². The summed E-state index contributed by atoms with van der Waals surface area (Å²) in [6, 6.07) is 6.24. The van der Waals surface area contributed by atoms with Crippen LogP contribution in [0.4, 0.5) is 5.69 Å². The van der Waals surface area contributed by atoms with Gasteiger partial charge in [0, 0.05) is 5.56 Å². The Morgan fingerprint density at radius 2 is 1.93 bits per heavy atom. The number of hydrogen-bond donors (Lipinski definition) is 3. The maximum Gasteiger partial charge on any atom is 0.186 e. The highest BCUT2D eigenvalue weighted by atomic mass is 16.1. The first-order chi connectivity index (χ1) is 6.59. The van der Waals surface area contributed by atoms with Crippen molar-refractivity contribution in [3.8, 4) is 0 Å². The molecule has 5 N–H and O–H groups in total. The van der Waals surface area contributed by atoms with Crippen molar-refractivity contribution in [3.05, 3.63) is 29.8 Å². The second-order valence-corrected chi connectivity index (χ2v) is 2.77. The van der Waals surface area contributed by atoms with Crippen molar-refractivity contribution < 1.29 is 4.79 Å². The van der Waals surface area contributed by atoms with E-state index in [9.17, 15) is 4.79 Å². The second kappa shape index (κ2) is 4.27. The van der Waals surface area contributed by atoms with Crippen LogP contribution in [0.3, 0.4) is 0 Å². The van der Waals surface area contributed by atoms with E-state index in [1.165, 1.54) is 0 Å². The Bertz CT molecular complexity index is 344. The number of hydrogen-bond acceptors (Lipinski definition) is 2. The highest BCUT2D eigenvalue weighted by Gasteiger charge is 2.04. The van der Waals surface area contributed by atoms with Crippen LogP contribution in [0, 0.1) is 5.41 Å². The molecule has 14 heavy (non-hydrogen) atoms. The molecule has 1 rings (SSSR count). The van der Waals surface area contributed by atoms with Crippen LogP contribution in [-0.4, -0.2) is 18.3 Å². The first-order valence-corrected chi connectivity index (χ1v) is 4.02. The molecule has 0 unspecified atom stereocenters. The van der Waals surface area contributed by atoms with Gasteiger partial charge in [0.05, 0.1) is 12.2 Å². The molecule has 0 aliphatic heterocycles. The molecule has 0 saturated heterocycles. The number of nitrogens with two attached hydrogens (primary N) is 1. The van der Waals surface area contributed by atoms with Crippen molar-refractivity contribution in [2.75, 3.05) is 6.54 Å². The Balaban J connectivity index is 2.61. The predicted molar refractivity (Wildman–Crippen MR) is 53.4 cm³/mol. The number of guanidine groups is 1. The van der Waals surface area contributed by atoms with E-state index in [0.29, 0.717) is 11.3 Å². The number of carbonyl (C=O) groups is 1. The van der Waals surface area contributed by atoms with Crippen molar-refractivity contribution in [1.29, 1.82) is 5.41 Å². The first kappa shape index (κ1) is 10.0. The maximum atomic E-state index is 11.4. The fourth-order valence-corrected chi connectivity index (χ4v) is 0.934. The lowest BCUT2D eigenvalue weighted by Crippen LogP contribution is -2.34. The van der Waals surface area contributed by atoms with Gasteiger partial charge in [0.2, 0.25) is 0 Å². The third-order valence-corrected chi connectivity index (χ3v) is 1.65. The van der Waals surface area contributed by atoms with Gasteiger partial charge in [-0.1, -0.05) is 0 Å². The molecule has 0 atom stereocenters. The molecule has 1 aromatic carbocycles. The van der Waals surface area contributed by atoms with Crippen LogP contribution in [0.1, 0.15) is 10.4 Å². The van der Waals surface area contributed by atoms with Gasteiger partial charge in [-0.2, -0.15) is 0 Å². The second-order valence-electron chi connectivity index (χ2n) is 2.77. The standard InChI is InChI=1S/C9H11N4O/c10-7-3-1-6(2-4-7)8(14)5-13-9(11)12/h1-4,10H,5H2,(H4,11,12,13). The van der Waals surface area contributed by atoms with E-state index in [-0.39, 0.29) is 18.3 Å². The van der Waals surface area contributed by atoms with Crippen molar-refractivity contribution in [1.82, 2.24) is 11.1 Å². The minimum atomic E-state index is -0.226. The molecule has 0 aromatic heterocycles. The number of rotatable bonds is 3. The zero-order valence-corrected chi connectivity index (χ0v) is 7.50. The number of Topliss-reactive ketones (excluding diaryl/α,β-unsaturated/α-hetero) is 1. The van der Waals surface area contributed by atoms with Crippen LogP contribution in [0.2, 0.25) is 0 Å². The molecule has 0 spiro atoms. The zero-order chi connectivity index (χ0) is 10.6. The quantitative estimate of drug-likeness (QED) is 0.363. The molecular weight excluding hydrogens is 180 g/mol. The maximum absolute atomic E-state index is 11.4. The monoisotopic (exact) mass is 191 g/mol. The molecule has 0 aliphatic carbocycles. The fourth-order valence-electron chi connectivity index (χ4n) is 0.934. The zero-order valence-electron chi connectivity index (χ0n) is 7.50. The van der Waals surface area contributed by atoms with Gasteiger partial charge in [0.15, 0.2) is 11.7 Å². The summed E-state index contributed by atoms with van der Waals surface area (Å²) in [6.45, 7) is 0.00663. The van der Waals surface area contributed by atoms with Crippen molar-refractivity contribution in [2.45, 2.75) is 0 Å². The van der Waals surface area contributed by atoms with E-state index in [4.69, 9.17) is 16.9 Å². The summed E-state index contributed by atoms with van der Waals surface area (Å²) in [5, 5.41) is 9.29. The highest BCUT2D eigenvalue weighted by molar-refractivity contribution is 5.99. The van der Waals surface area contributed by atoms with E-state index >= 15 is 0 Å². The number of carbonyl (C=O) groups excluding carboxylic acids is 1. The number of nitrogens with one attached hydrogen (secondary N) is 3. The SMILES string of the molecule is [NH]c1ccc(C(=O)CNC(=N)N)cc1. The lowest BCUT2D eigenvalue weighted by molar-refractivity contribution is 0.0996. The van der Waals surface area contributed by atoms with Crippen molar-refractivity contribution in [2.24, 2.45) is 5.73 Å². The molecular formula is C9H11N4O. The Morgan fingerprint density at radius 3 is 2.43 bits per heavy atom. The first-order valence-electron chi connectivity index (χ1n) is 4.02. The third kappa shape index (κ3) is 2.78. The molecule has 0 fully saturated rings. The summed E-state index contributed by atoms with van der Waals surface area (Å²) in [4.78, 5) is 11.4. The third-order valence-electron chi connectivity index (χ3n) is 1.65. The Labute approximate surface area is 81.6 Å².